The number of carbonyl (C=O) groups is 1. The van der Waals surface area contributed by atoms with Gasteiger partial charge in [-0.2, -0.15) is 17.5 Å². The second-order valence-corrected chi connectivity index (χ2v) is 7.14. The van der Waals surface area contributed by atoms with E-state index in [1.165, 1.54) is 25.3 Å². The minimum atomic E-state index is -4.77. The van der Waals surface area contributed by atoms with Crippen LogP contribution in [0.1, 0.15) is 34.2 Å². The van der Waals surface area contributed by atoms with Gasteiger partial charge in [-0.3, -0.25) is 4.79 Å². The zero-order valence-corrected chi connectivity index (χ0v) is 15.9. The number of amides is 1. The van der Waals surface area contributed by atoms with Crippen LogP contribution in [0.4, 0.5) is 27.6 Å². The van der Waals surface area contributed by atoms with Crippen LogP contribution in [0.25, 0.3) is 10.6 Å². The van der Waals surface area contributed by atoms with E-state index in [9.17, 15) is 26.7 Å². The van der Waals surface area contributed by atoms with Crippen LogP contribution < -0.4 is 5.32 Å². The van der Waals surface area contributed by atoms with Crippen molar-refractivity contribution in [2.45, 2.75) is 32.4 Å². The molecule has 0 fully saturated rings. The van der Waals surface area contributed by atoms with Gasteiger partial charge in [-0.25, -0.2) is 13.8 Å². The van der Waals surface area contributed by atoms with Crippen LogP contribution in [0.15, 0.2) is 35.1 Å². The number of furan rings is 1. The van der Waals surface area contributed by atoms with Gasteiger partial charge in [0, 0.05) is 11.3 Å². The number of hydrogen-bond donors (Lipinski definition) is 1. The Morgan fingerprint density at radius 1 is 1.21 bits per heavy atom. The number of nitrogens with zero attached hydrogens (tertiary/aromatic N) is 2. The van der Waals surface area contributed by atoms with Gasteiger partial charge in [0.2, 0.25) is 0 Å². The molecule has 0 saturated carbocycles. The van der Waals surface area contributed by atoms with Crippen LogP contribution >= 0.6 is 11.5 Å². The van der Waals surface area contributed by atoms with Crippen LogP contribution in [0.2, 0.25) is 0 Å². The molecule has 29 heavy (non-hydrogen) atoms. The molecule has 3 aromatic rings. The zero-order chi connectivity index (χ0) is 21.4. The number of nitrogens with one attached hydrogen (secondary N) is 1. The van der Waals surface area contributed by atoms with Crippen molar-refractivity contribution in [1.29, 1.82) is 0 Å². The molecule has 154 valence electrons. The maximum Gasteiger partial charge on any atom is 0.417 e. The average Bonchev–Trinajstić information content (AvgIpc) is 3.25. The lowest BCUT2D eigenvalue weighted by Gasteiger charge is -2.17. The Morgan fingerprint density at radius 3 is 2.52 bits per heavy atom. The van der Waals surface area contributed by atoms with Crippen LogP contribution in [0.3, 0.4) is 0 Å². The lowest BCUT2D eigenvalue weighted by atomic mass is 9.99. The Morgan fingerprint density at radius 2 is 1.93 bits per heavy atom. The highest BCUT2D eigenvalue weighted by Crippen LogP contribution is 2.42. The van der Waals surface area contributed by atoms with Gasteiger partial charge in [0.25, 0.3) is 11.8 Å². The normalized spacial score (nSPS) is 12.2. The second-order valence-electron chi connectivity index (χ2n) is 6.39. The quantitative estimate of drug-likeness (QED) is 0.536. The van der Waals surface area contributed by atoms with E-state index in [4.69, 9.17) is 4.42 Å². The molecule has 0 unspecified atom stereocenters. The number of hydrogen-bond acceptors (Lipinski definition) is 5. The molecule has 0 aliphatic rings. The van der Waals surface area contributed by atoms with Gasteiger partial charge in [0.05, 0.1) is 23.8 Å². The first-order chi connectivity index (χ1) is 13.5. The summed E-state index contributed by atoms with van der Waals surface area (Å²) in [6.45, 7) is 1.88. The van der Waals surface area contributed by atoms with Crippen molar-refractivity contribution in [3.8, 4) is 10.6 Å². The first kappa shape index (κ1) is 20.9. The number of halogens is 5. The molecule has 2 heterocycles. The van der Waals surface area contributed by atoms with E-state index in [2.05, 4.69) is 14.7 Å². The number of aromatic nitrogens is 2. The van der Waals surface area contributed by atoms with Gasteiger partial charge in [-0.05, 0) is 49.1 Å². The molecule has 0 atom stereocenters. The third-order valence-electron chi connectivity index (χ3n) is 3.95. The third kappa shape index (κ3) is 4.78. The van der Waals surface area contributed by atoms with E-state index in [1.54, 1.807) is 0 Å². The van der Waals surface area contributed by atoms with Crippen molar-refractivity contribution in [2.24, 2.45) is 0 Å². The topological polar surface area (TPSA) is 68.0 Å². The van der Waals surface area contributed by atoms with E-state index in [0.717, 1.165) is 12.3 Å². The molecule has 1 N–H and O–H groups in total. The Hall–Kier alpha value is -2.82. The molecule has 3 rings (SSSR count). The minimum absolute atomic E-state index is 0.0443. The van der Waals surface area contributed by atoms with E-state index in [-0.39, 0.29) is 33.2 Å². The summed E-state index contributed by atoms with van der Waals surface area (Å²) in [5, 5.41) is 2.28. The average molecular weight is 431 g/mol. The summed E-state index contributed by atoms with van der Waals surface area (Å²) in [6.07, 6.45) is -3.12. The fraction of sp³-hybridized carbons (Fsp3) is 0.278. The Balaban J connectivity index is 2.01. The molecule has 0 saturated heterocycles. The molecule has 11 heteroatoms. The highest BCUT2D eigenvalue weighted by molar-refractivity contribution is 7.09. The summed E-state index contributed by atoms with van der Waals surface area (Å²) in [4.78, 5) is 16.0. The summed E-state index contributed by atoms with van der Waals surface area (Å²) >= 11 is 0.606. The summed E-state index contributed by atoms with van der Waals surface area (Å²) in [7, 11) is 0. The van der Waals surface area contributed by atoms with Gasteiger partial charge in [0.1, 0.15) is 17.1 Å². The van der Waals surface area contributed by atoms with E-state index < -0.39 is 30.0 Å². The fourth-order valence-corrected chi connectivity index (χ4v) is 3.40. The van der Waals surface area contributed by atoms with Crippen molar-refractivity contribution in [2.75, 3.05) is 5.32 Å². The van der Waals surface area contributed by atoms with Crippen LogP contribution in [-0.2, 0) is 12.6 Å². The van der Waals surface area contributed by atoms with Crippen LogP contribution in [0.5, 0.6) is 0 Å². The van der Waals surface area contributed by atoms with E-state index in [0.29, 0.717) is 18.5 Å². The predicted molar refractivity (Wildman–Crippen MR) is 96.1 cm³/mol. The lowest BCUT2D eigenvalue weighted by molar-refractivity contribution is -0.137. The number of anilines is 1. The van der Waals surface area contributed by atoms with Gasteiger partial charge in [-0.15, -0.1) is 0 Å². The Bertz CT molecular complexity index is 1020. The Labute approximate surface area is 165 Å². The van der Waals surface area contributed by atoms with Gasteiger partial charge >= 0.3 is 6.18 Å². The minimum Gasteiger partial charge on any atom is -0.472 e. The summed E-state index contributed by atoms with van der Waals surface area (Å²) in [5.41, 5.74) is -1.44. The van der Waals surface area contributed by atoms with Gasteiger partial charge < -0.3 is 9.73 Å². The predicted octanol–water partition coefficient (Wildman–Crippen LogP) is 5.58. The summed E-state index contributed by atoms with van der Waals surface area (Å²) in [5.74, 6) is -3.95. The van der Waals surface area contributed by atoms with Gasteiger partial charge in [-0.1, -0.05) is 0 Å². The van der Waals surface area contributed by atoms with E-state index >= 15 is 0 Å². The van der Waals surface area contributed by atoms with Crippen molar-refractivity contribution < 1.29 is 31.2 Å². The van der Waals surface area contributed by atoms with E-state index in [1.807, 2.05) is 0 Å². The Kier molecular flexibility index (Phi) is 5.44. The maximum atomic E-state index is 13.8. The first-order valence-corrected chi connectivity index (χ1v) is 8.98. The molecule has 0 bridgehead atoms. The SMILES string of the molecule is Cc1c(NC(=O)c2ccoc2)ccc(-c2nc(CC(C)(F)F)ns2)c1C(F)(F)F. The van der Waals surface area contributed by atoms with Crippen molar-refractivity contribution >= 4 is 23.1 Å². The molecule has 0 aliphatic carbocycles. The number of rotatable bonds is 5. The summed E-state index contributed by atoms with van der Waals surface area (Å²) in [6, 6.07) is 3.80. The smallest absolute Gasteiger partial charge is 0.417 e. The number of benzene rings is 1. The largest absolute Gasteiger partial charge is 0.472 e. The number of carbonyl (C=O) groups excluding carboxylic acids is 1. The second kappa shape index (κ2) is 7.54. The number of alkyl halides is 5. The first-order valence-electron chi connectivity index (χ1n) is 8.21. The molecule has 1 amide bonds. The standard InChI is InChI=1S/C18H14F5N3O2S/c1-9-12(24-15(27)10-5-6-28-8-10)4-3-11(14(9)18(21,22)23)16-25-13(26-29-16)7-17(2,19)20/h3-6,8H,7H2,1-2H3,(H,24,27). The van der Waals surface area contributed by atoms with Crippen molar-refractivity contribution in [3.63, 3.8) is 0 Å². The molecular weight excluding hydrogens is 417 g/mol. The zero-order valence-electron chi connectivity index (χ0n) is 15.1. The van der Waals surface area contributed by atoms with Crippen molar-refractivity contribution in [1.82, 2.24) is 9.36 Å². The lowest BCUT2D eigenvalue weighted by Crippen LogP contribution is -2.16. The fourth-order valence-electron chi connectivity index (χ4n) is 2.69. The molecule has 1 aromatic carbocycles. The van der Waals surface area contributed by atoms with Crippen molar-refractivity contribution in [3.05, 3.63) is 53.2 Å². The summed E-state index contributed by atoms with van der Waals surface area (Å²) < 4.78 is 76.1. The molecule has 0 radical (unpaired) electrons. The monoisotopic (exact) mass is 431 g/mol. The molecular formula is C18H14F5N3O2S. The molecule has 0 aliphatic heterocycles. The highest BCUT2D eigenvalue weighted by Gasteiger charge is 2.37. The van der Waals surface area contributed by atoms with Gasteiger partial charge in [0.15, 0.2) is 0 Å². The molecule has 5 nitrogen and oxygen atoms in total. The van der Waals surface area contributed by atoms with Crippen LogP contribution in [-0.4, -0.2) is 21.2 Å². The maximum absolute atomic E-state index is 13.8. The van der Waals surface area contributed by atoms with Crippen LogP contribution in [0, 0.1) is 6.92 Å². The molecule has 0 spiro atoms. The third-order valence-corrected chi connectivity index (χ3v) is 4.73. The molecule has 2 aromatic heterocycles. The highest BCUT2D eigenvalue weighted by atomic mass is 32.1.